The Morgan fingerprint density at radius 3 is 2.54 bits per heavy atom. The van der Waals surface area contributed by atoms with E-state index in [1.807, 2.05) is 36.4 Å². The number of pyridine rings is 1. The lowest BCUT2D eigenvalue weighted by Gasteiger charge is -2.08. The van der Waals surface area contributed by atoms with E-state index in [0.717, 1.165) is 39.1 Å². The highest BCUT2D eigenvalue weighted by Crippen LogP contribution is 2.23. The lowest BCUT2D eigenvalue weighted by molar-refractivity contribution is 0.343. The van der Waals surface area contributed by atoms with Crippen LogP contribution in [0, 0.1) is 0 Å². The third kappa shape index (κ3) is 4.15. The van der Waals surface area contributed by atoms with Gasteiger partial charge in [-0.2, -0.15) is 0 Å². The second-order valence-electron chi connectivity index (χ2n) is 4.94. The van der Waals surface area contributed by atoms with Crippen LogP contribution in [-0.2, 0) is 6.54 Å². The molecule has 0 radical (unpaired) electrons. The fraction of sp³-hybridized carbons (Fsp3) is 0.235. The predicted octanol–water partition coefficient (Wildman–Crippen LogP) is 4.29. The highest BCUT2D eigenvalue weighted by molar-refractivity contribution is 9.10. The molecule has 0 fully saturated rings. The molecule has 0 unspecified atom stereocenters. The van der Waals surface area contributed by atoms with Crippen LogP contribution in [0.1, 0.15) is 6.92 Å². The summed E-state index contributed by atoms with van der Waals surface area (Å²) in [7, 11) is 0. The van der Waals surface area contributed by atoms with Gasteiger partial charge in [-0.3, -0.25) is 4.98 Å². The van der Waals surface area contributed by atoms with E-state index in [0.29, 0.717) is 6.61 Å². The minimum absolute atomic E-state index is 0.619. The molecule has 0 atom stereocenters. The normalized spacial score (nSPS) is 10.8. The van der Waals surface area contributed by atoms with Crippen molar-refractivity contribution in [1.29, 1.82) is 0 Å². The van der Waals surface area contributed by atoms with Crippen molar-refractivity contribution in [1.82, 2.24) is 19.7 Å². The van der Waals surface area contributed by atoms with Gasteiger partial charge in [0.15, 0.2) is 11.0 Å². The minimum Gasteiger partial charge on any atom is -0.493 e. The van der Waals surface area contributed by atoms with Crippen LogP contribution in [0.4, 0.5) is 0 Å². The summed E-state index contributed by atoms with van der Waals surface area (Å²) in [5.74, 6) is 2.55. The van der Waals surface area contributed by atoms with Crippen LogP contribution >= 0.6 is 27.7 Å². The summed E-state index contributed by atoms with van der Waals surface area (Å²) in [4.78, 5) is 4.05. The fourth-order valence-corrected chi connectivity index (χ4v) is 3.30. The van der Waals surface area contributed by atoms with E-state index in [2.05, 4.69) is 42.6 Å². The number of thioether (sulfide) groups is 1. The second kappa shape index (κ2) is 8.30. The van der Waals surface area contributed by atoms with Crippen LogP contribution < -0.4 is 4.74 Å². The Labute approximate surface area is 153 Å². The fourth-order valence-electron chi connectivity index (χ4n) is 2.22. The van der Waals surface area contributed by atoms with Crippen LogP contribution in [-0.4, -0.2) is 32.1 Å². The number of rotatable bonds is 7. The van der Waals surface area contributed by atoms with Crippen molar-refractivity contribution in [2.75, 3.05) is 12.4 Å². The molecular weight excluding hydrogens is 388 g/mol. The zero-order valence-electron chi connectivity index (χ0n) is 13.2. The van der Waals surface area contributed by atoms with Gasteiger partial charge in [-0.05, 0) is 43.3 Å². The third-order valence-corrected chi connectivity index (χ3v) is 4.83. The highest BCUT2D eigenvalue weighted by atomic mass is 79.9. The summed E-state index contributed by atoms with van der Waals surface area (Å²) < 4.78 is 8.90. The average molecular weight is 405 g/mol. The third-order valence-electron chi connectivity index (χ3n) is 3.37. The molecule has 1 aromatic carbocycles. The van der Waals surface area contributed by atoms with Gasteiger partial charge in [0.2, 0.25) is 0 Å². The molecular formula is C17H17BrN4OS. The Balaban J connectivity index is 1.59. The Bertz CT molecular complexity index is 777. The van der Waals surface area contributed by atoms with Crippen molar-refractivity contribution in [3.8, 4) is 17.1 Å². The van der Waals surface area contributed by atoms with E-state index in [1.54, 1.807) is 24.2 Å². The monoisotopic (exact) mass is 404 g/mol. The van der Waals surface area contributed by atoms with Gasteiger partial charge in [0.05, 0.1) is 6.61 Å². The quantitative estimate of drug-likeness (QED) is 0.434. The molecule has 3 rings (SSSR count). The lowest BCUT2D eigenvalue weighted by Crippen LogP contribution is -2.03. The number of hydrogen-bond donors (Lipinski definition) is 0. The first-order chi connectivity index (χ1) is 11.8. The number of ether oxygens (including phenoxy) is 1. The number of aromatic nitrogens is 4. The summed E-state index contributed by atoms with van der Waals surface area (Å²) in [5, 5.41) is 9.54. The molecule has 0 aliphatic rings. The molecule has 0 N–H and O–H groups in total. The number of benzene rings is 1. The van der Waals surface area contributed by atoms with Gasteiger partial charge in [-0.15, -0.1) is 10.2 Å². The SMILES string of the molecule is CCn1c(SCCOc2ccc(Br)cc2)nnc1-c1ccncc1. The van der Waals surface area contributed by atoms with Gasteiger partial charge in [0.1, 0.15) is 5.75 Å². The van der Waals surface area contributed by atoms with Crippen LogP contribution in [0.15, 0.2) is 58.4 Å². The van der Waals surface area contributed by atoms with E-state index in [9.17, 15) is 0 Å². The zero-order valence-corrected chi connectivity index (χ0v) is 15.6. The van der Waals surface area contributed by atoms with Crippen molar-refractivity contribution in [2.45, 2.75) is 18.6 Å². The molecule has 2 heterocycles. The zero-order chi connectivity index (χ0) is 16.8. The Morgan fingerprint density at radius 1 is 1.08 bits per heavy atom. The van der Waals surface area contributed by atoms with Gasteiger partial charge in [-0.25, -0.2) is 0 Å². The first-order valence-corrected chi connectivity index (χ1v) is 9.40. The number of hydrogen-bond acceptors (Lipinski definition) is 5. The smallest absolute Gasteiger partial charge is 0.191 e. The van der Waals surface area contributed by atoms with Crippen molar-refractivity contribution >= 4 is 27.7 Å². The van der Waals surface area contributed by atoms with Crippen LogP contribution in [0.2, 0.25) is 0 Å². The maximum absolute atomic E-state index is 5.74. The molecule has 0 aliphatic carbocycles. The van der Waals surface area contributed by atoms with E-state index in [1.165, 1.54) is 0 Å². The molecule has 0 bridgehead atoms. The van der Waals surface area contributed by atoms with Gasteiger partial charge >= 0.3 is 0 Å². The summed E-state index contributed by atoms with van der Waals surface area (Å²) in [5.41, 5.74) is 1.03. The maximum Gasteiger partial charge on any atom is 0.191 e. The van der Waals surface area contributed by atoms with E-state index in [4.69, 9.17) is 4.74 Å². The second-order valence-corrected chi connectivity index (χ2v) is 6.91. The first kappa shape index (κ1) is 17.0. The van der Waals surface area contributed by atoms with E-state index in [-0.39, 0.29) is 0 Å². The molecule has 2 aromatic heterocycles. The topological polar surface area (TPSA) is 52.8 Å². The number of halogens is 1. The van der Waals surface area contributed by atoms with Crippen LogP contribution in [0.3, 0.4) is 0 Å². The van der Waals surface area contributed by atoms with Crippen molar-refractivity contribution in [3.05, 3.63) is 53.3 Å². The summed E-state index contributed by atoms with van der Waals surface area (Å²) in [6.45, 7) is 3.53. The van der Waals surface area contributed by atoms with Crippen molar-refractivity contribution in [2.24, 2.45) is 0 Å². The molecule has 0 amide bonds. The van der Waals surface area contributed by atoms with Crippen molar-refractivity contribution in [3.63, 3.8) is 0 Å². The molecule has 5 nitrogen and oxygen atoms in total. The molecule has 0 spiro atoms. The Hall–Kier alpha value is -1.86. The summed E-state index contributed by atoms with van der Waals surface area (Å²) in [6.07, 6.45) is 3.53. The Morgan fingerprint density at radius 2 is 1.83 bits per heavy atom. The van der Waals surface area contributed by atoms with Gasteiger partial charge in [0.25, 0.3) is 0 Å². The summed E-state index contributed by atoms with van der Waals surface area (Å²) >= 11 is 5.06. The highest BCUT2D eigenvalue weighted by Gasteiger charge is 2.12. The van der Waals surface area contributed by atoms with Gasteiger partial charge in [-0.1, -0.05) is 27.7 Å². The van der Waals surface area contributed by atoms with Crippen LogP contribution in [0.5, 0.6) is 5.75 Å². The minimum atomic E-state index is 0.619. The first-order valence-electron chi connectivity index (χ1n) is 7.62. The van der Waals surface area contributed by atoms with Gasteiger partial charge < -0.3 is 9.30 Å². The van der Waals surface area contributed by atoms with E-state index < -0.39 is 0 Å². The number of nitrogens with zero attached hydrogens (tertiary/aromatic N) is 4. The molecule has 0 saturated heterocycles. The maximum atomic E-state index is 5.74. The molecule has 3 aromatic rings. The molecule has 7 heteroatoms. The van der Waals surface area contributed by atoms with E-state index >= 15 is 0 Å². The van der Waals surface area contributed by atoms with Crippen molar-refractivity contribution < 1.29 is 4.74 Å². The molecule has 0 aliphatic heterocycles. The molecule has 0 saturated carbocycles. The summed E-state index contributed by atoms with van der Waals surface area (Å²) in [6, 6.07) is 11.7. The standard InChI is InChI=1S/C17H17BrN4OS/c1-2-22-16(13-7-9-19-10-8-13)20-21-17(22)24-12-11-23-15-5-3-14(18)4-6-15/h3-10H,2,11-12H2,1H3. The predicted molar refractivity (Wildman–Crippen MR) is 99.3 cm³/mol. The average Bonchev–Trinajstić information content (AvgIpc) is 3.04. The lowest BCUT2D eigenvalue weighted by atomic mass is 10.2. The molecule has 24 heavy (non-hydrogen) atoms. The Kier molecular flexibility index (Phi) is 5.87. The molecule has 124 valence electrons. The van der Waals surface area contributed by atoms with Crippen LogP contribution in [0.25, 0.3) is 11.4 Å². The largest absolute Gasteiger partial charge is 0.493 e. The van der Waals surface area contributed by atoms with Gasteiger partial charge in [0, 0.05) is 34.7 Å².